The second kappa shape index (κ2) is 19.6. The molecule has 0 aliphatic carbocycles. The molecule has 7 rings (SSSR count). The molecule has 0 saturated carbocycles. The van der Waals surface area contributed by atoms with Crippen LogP contribution in [0.4, 0.5) is 15.3 Å². The minimum atomic E-state index is -1.08. The number of para-hydroxylation sites is 1. The van der Waals surface area contributed by atoms with Gasteiger partial charge >= 0.3 is 23.8 Å². The van der Waals surface area contributed by atoms with Crippen LogP contribution in [0.3, 0.4) is 0 Å². The van der Waals surface area contributed by atoms with Crippen LogP contribution in [0.25, 0.3) is 11.1 Å². The fraction of sp³-hybridized carbons (Fsp3) is 0.614. The third-order valence-electron chi connectivity index (χ3n) is 12.7. The van der Waals surface area contributed by atoms with E-state index in [1.165, 1.54) is 4.57 Å². The van der Waals surface area contributed by atoms with Crippen molar-refractivity contribution in [3.05, 3.63) is 63.6 Å². The van der Waals surface area contributed by atoms with E-state index in [1.54, 1.807) is 18.0 Å². The van der Waals surface area contributed by atoms with E-state index in [0.717, 1.165) is 80.8 Å². The molecule has 3 aromatic rings. The zero-order chi connectivity index (χ0) is 42.3. The van der Waals surface area contributed by atoms with E-state index in [0.29, 0.717) is 82.3 Å². The fourth-order valence-corrected chi connectivity index (χ4v) is 9.29. The first-order valence-electron chi connectivity index (χ1n) is 21.7. The summed E-state index contributed by atoms with van der Waals surface area (Å²) in [5.41, 5.74) is 4.61. The number of nitrogens with one attached hydrogen (secondary N) is 1. The van der Waals surface area contributed by atoms with Gasteiger partial charge in [-0.25, -0.2) is 14.4 Å². The Balaban J connectivity index is 0.933. The number of esters is 1. The molecule has 3 saturated heterocycles. The largest absolute Gasteiger partial charge is 0.466 e. The second-order valence-electron chi connectivity index (χ2n) is 17.1. The van der Waals surface area contributed by atoms with E-state index < -0.39 is 18.0 Å². The number of rotatable bonds is 13. The van der Waals surface area contributed by atoms with Crippen LogP contribution in [0.2, 0.25) is 0 Å². The maximum atomic E-state index is 14.4. The number of aryl methyl sites for hydroxylation is 2. The number of amides is 4. The number of oxazole rings is 1. The number of urea groups is 1. The Morgan fingerprint density at radius 1 is 0.900 bits per heavy atom. The normalized spacial score (nSPS) is 19.3. The van der Waals surface area contributed by atoms with Crippen LogP contribution in [0.1, 0.15) is 55.2 Å². The number of hydrogen-bond acceptors (Lipinski definition) is 11. The first kappa shape index (κ1) is 43.2. The molecule has 4 aliphatic heterocycles. The van der Waals surface area contributed by atoms with Crippen LogP contribution in [0.15, 0.2) is 45.6 Å². The zero-order valence-corrected chi connectivity index (χ0v) is 35.7. The van der Waals surface area contributed by atoms with E-state index in [1.807, 2.05) is 61.2 Å². The van der Waals surface area contributed by atoms with Gasteiger partial charge in [0.1, 0.15) is 0 Å². The summed E-state index contributed by atoms with van der Waals surface area (Å²) in [6.45, 7) is 9.66. The molecule has 4 amide bonds. The van der Waals surface area contributed by atoms with Gasteiger partial charge < -0.3 is 43.7 Å². The van der Waals surface area contributed by atoms with Crippen molar-refractivity contribution in [2.75, 3.05) is 98.0 Å². The van der Waals surface area contributed by atoms with Crippen molar-refractivity contribution in [1.29, 1.82) is 0 Å². The highest BCUT2D eigenvalue weighted by atomic mass is 16.6. The standard InChI is InChI=1S/C44H62N8O8/c1-31-28-32(29-37-40(31)47(4)43(56)59-37)30-38(60-44(57)51-20-13-35(14-21-51)52-22-10-33-8-5-6-9-36(33)45-42(52)55)41(54)50-25-23-49(24-26-50)34-11-17-48(18-12-34)19-15-39(53)58-27-7-16-46(2)3/h5-6,8-9,28-29,34-35,38H,7,10-27,30H2,1-4H3,(H,45,55)/t38-/m1/s1. The lowest BCUT2D eigenvalue weighted by atomic mass is 10.0. The van der Waals surface area contributed by atoms with Gasteiger partial charge in [-0.1, -0.05) is 24.3 Å². The smallest absolute Gasteiger partial charge is 0.419 e. The summed E-state index contributed by atoms with van der Waals surface area (Å²) < 4.78 is 18.5. The molecule has 0 unspecified atom stereocenters. The molecule has 326 valence electrons. The molecule has 1 N–H and O–H groups in total. The Kier molecular flexibility index (Phi) is 14.1. The summed E-state index contributed by atoms with van der Waals surface area (Å²) in [6, 6.07) is 11.8. The Labute approximate surface area is 352 Å². The number of anilines is 1. The highest BCUT2D eigenvalue weighted by molar-refractivity contribution is 5.91. The summed E-state index contributed by atoms with van der Waals surface area (Å²) >= 11 is 0. The van der Waals surface area contributed by atoms with Crippen LogP contribution in [-0.4, -0.2) is 169 Å². The summed E-state index contributed by atoms with van der Waals surface area (Å²) in [4.78, 5) is 78.2. The molecule has 0 bridgehead atoms. The van der Waals surface area contributed by atoms with Crippen LogP contribution in [0, 0.1) is 6.92 Å². The number of fused-ring (bicyclic) bond motifs is 2. The molecule has 0 radical (unpaired) electrons. The Hall–Kier alpha value is -4.93. The summed E-state index contributed by atoms with van der Waals surface area (Å²) in [6.07, 6.45) is 3.69. The van der Waals surface area contributed by atoms with Crippen molar-refractivity contribution in [3.63, 3.8) is 0 Å². The quantitative estimate of drug-likeness (QED) is 0.199. The van der Waals surface area contributed by atoms with E-state index in [2.05, 4.69) is 20.0 Å². The average Bonchev–Trinajstić information content (AvgIpc) is 3.42. The minimum Gasteiger partial charge on any atom is -0.466 e. The molecule has 5 heterocycles. The first-order valence-corrected chi connectivity index (χ1v) is 21.7. The van der Waals surface area contributed by atoms with Crippen molar-refractivity contribution in [1.82, 2.24) is 34.0 Å². The summed E-state index contributed by atoms with van der Waals surface area (Å²) in [7, 11) is 5.67. The van der Waals surface area contributed by atoms with Crippen molar-refractivity contribution >= 4 is 40.8 Å². The molecular weight excluding hydrogens is 769 g/mol. The molecule has 0 spiro atoms. The number of ether oxygens (including phenoxy) is 2. The van der Waals surface area contributed by atoms with Gasteiger partial charge in [0.05, 0.1) is 18.5 Å². The third-order valence-corrected chi connectivity index (χ3v) is 12.7. The Morgan fingerprint density at radius 3 is 2.35 bits per heavy atom. The number of carbonyl (C=O) groups is 4. The van der Waals surface area contributed by atoms with Crippen LogP contribution >= 0.6 is 0 Å². The molecule has 2 aromatic carbocycles. The SMILES string of the molecule is Cc1cc(C[C@@H](OC(=O)N2CCC(N3CCc4ccccc4NC3=O)CC2)C(=O)N2CCN(C3CCN(CCC(=O)OCCCN(C)C)CC3)CC2)cc2oc(=O)n(C)c12. The monoisotopic (exact) mass is 830 g/mol. The third kappa shape index (κ3) is 10.5. The number of piperidine rings is 2. The maximum Gasteiger partial charge on any atom is 0.419 e. The number of carbonyl (C=O) groups excluding carboxylic acids is 4. The van der Waals surface area contributed by atoms with E-state index in [9.17, 15) is 24.0 Å². The lowest BCUT2D eigenvalue weighted by Crippen LogP contribution is -2.56. The highest BCUT2D eigenvalue weighted by Gasteiger charge is 2.36. The van der Waals surface area contributed by atoms with Crippen LogP contribution < -0.4 is 11.1 Å². The van der Waals surface area contributed by atoms with Crippen molar-refractivity contribution in [3.8, 4) is 0 Å². The molecule has 16 nitrogen and oxygen atoms in total. The first-order chi connectivity index (χ1) is 28.9. The van der Waals surface area contributed by atoms with Gasteiger partial charge in [-0.05, 0) is 101 Å². The fourth-order valence-electron chi connectivity index (χ4n) is 9.29. The summed E-state index contributed by atoms with van der Waals surface area (Å²) in [5.74, 6) is -0.850. The minimum absolute atomic E-state index is 0.0219. The number of nitrogens with zero attached hydrogens (tertiary/aromatic N) is 7. The van der Waals surface area contributed by atoms with Gasteiger partial charge in [0.2, 0.25) is 0 Å². The average molecular weight is 831 g/mol. The van der Waals surface area contributed by atoms with Gasteiger partial charge in [-0.3, -0.25) is 19.1 Å². The van der Waals surface area contributed by atoms with Gasteiger partial charge in [0.25, 0.3) is 5.91 Å². The molecule has 4 aliphatic rings. The summed E-state index contributed by atoms with van der Waals surface area (Å²) in [5, 5.41) is 3.05. The number of likely N-dealkylation sites (tertiary alicyclic amines) is 2. The van der Waals surface area contributed by atoms with Gasteiger partial charge in [-0.2, -0.15) is 0 Å². The van der Waals surface area contributed by atoms with Crippen LogP contribution in [0.5, 0.6) is 0 Å². The lowest BCUT2D eigenvalue weighted by molar-refractivity contribution is -0.145. The number of hydrogen-bond donors (Lipinski definition) is 1. The number of benzene rings is 2. The number of aromatic nitrogens is 1. The highest BCUT2D eigenvalue weighted by Crippen LogP contribution is 2.27. The van der Waals surface area contributed by atoms with E-state index in [4.69, 9.17) is 13.9 Å². The Morgan fingerprint density at radius 2 is 1.62 bits per heavy atom. The lowest BCUT2D eigenvalue weighted by Gasteiger charge is -2.43. The molecule has 16 heteroatoms. The second-order valence-corrected chi connectivity index (χ2v) is 17.1. The molecule has 60 heavy (non-hydrogen) atoms. The molecule has 1 atom stereocenters. The predicted octanol–water partition coefficient (Wildman–Crippen LogP) is 3.54. The van der Waals surface area contributed by atoms with E-state index in [-0.39, 0.29) is 30.4 Å². The van der Waals surface area contributed by atoms with Gasteiger partial charge in [-0.15, -0.1) is 0 Å². The molecular formula is C44H62N8O8. The predicted molar refractivity (Wildman–Crippen MR) is 227 cm³/mol. The van der Waals surface area contributed by atoms with Crippen molar-refractivity contribution < 1.29 is 33.1 Å². The zero-order valence-electron chi connectivity index (χ0n) is 35.7. The van der Waals surface area contributed by atoms with E-state index >= 15 is 0 Å². The Bertz CT molecular complexity index is 2040. The van der Waals surface area contributed by atoms with Crippen molar-refractivity contribution in [2.45, 2.75) is 76.5 Å². The van der Waals surface area contributed by atoms with Gasteiger partial charge in [0, 0.05) is 90.1 Å². The molecule has 1 aromatic heterocycles. The van der Waals surface area contributed by atoms with Crippen molar-refractivity contribution in [2.24, 2.45) is 7.05 Å². The maximum absolute atomic E-state index is 14.4. The van der Waals surface area contributed by atoms with Gasteiger partial charge in [0.15, 0.2) is 11.7 Å². The topological polar surface area (TPSA) is 153 Å². The molecule has 3 fully saturated rings. The van der Waals surface area contributed by atoms with Crippen LogP contribution in [-0.2, 0) is 39.0 Å². The number of piperazine rings is 1.